The molecule has 0 atom stereocenters. The molecule has 0 aliphatic carbocycles. The standard InChI is InChI=1S/C22H26F3N5O3S2/c1-14(2)10-17-11-18(19-5-4-16(12-28-19)13-30-9-8-26-15(30)3)20(34-17)35(32,33)29-21(31)27-7-6-22(23,24)25/h4-5,8-9,11-12,14H,6-7,10,13H2,1-3H3,(H2,27,29,31). The third-order valence-electron chi connectivity index (χ3n) is 4.90. The van der Waals surface area contributed by atoms with E-state index in [0.29, 0.717) is 24.2 Å². The van der Waals surface area contributed by atoms with Gasteiger partial charge in [0.05, 0.1) is 18.7 Å². The monoisotopic (exact) mass is 529 g/mol. The molecular formula is C22H26F3N5O3S2. The Hall–Kier alpha value is -2.93. The van der Waals surface area contributed by atoms with Crippen molar-refractivity contribution in [1.29, 1.82) is 0 Å². The van der Waals surface area contributed by atoms with E-state index in [-0.39, 0.29) is 10.1 Å². The third-order valence-corrected chi connectivity index (χ3v) is 7.92. The van der Waals surface area contributed by atoms with Crippen LogP contribution in [0.4, 0.5) is 18.0 Å². The van der Waals surface area contributed by atoms with Gasteiger partial charge in [-0.2, -0.15) is 13.2 Å². The molecule has 35 heavy (non-hydrogen) atoms. The Kier molecular flexibility index (Phi) is 8.21. The van der Waals surface area contributed by atoms with E-state index in [2.05, 4.69) is 9.97 Å². The molecule has 0 unspecified atom stereocenters. The second kappa shape index (κ2) is 10.8. The highest BCUT2D eigenvalue weighted by atomic mass is 32.2. The molecule has 0 spiro atoms. The van der Waals surface area contributed by atoms with E-state index in [1.165, 1.54) is 0 Å². The zero-order chi connectivity index (χ0) is 25.8. The van der Waals surface area contributed by atoms with Crippen LogP contribution in [-0.4, -0.2) is 41.7 Å². The number of imidazole rings is 1. The topological polar surface area (TPSA) is 106 Å². The van der Waals surface area contributed by atoms with Gasteiger partial charge in [0.1, 0.15) is 10.0 Å². The number of aryl methyl sites for hydroxylation is 1. The number of amides is 2. The zero-order valence-electron chi connectivity index (χ0n) is 19.4. The lowest BCUT2D eigenvalue weighted by molar-refractivity contribution is -0.132. The van der Waals surface area contributed by atoms with Crippen LogP contribution in [0, 0.1) is 12.8 Å². The van der Waals surface area contributed by atoms with Gasteiger partial charge in [0.25, 0.3) is 10.0 Å². The number of carbonyl (C=O) groups is 1. The van der Waals surface area contributed by atoms with E-state index in [4.69, 9.17) is 0 Å². The molecule has 190 valence electrons. The summed E-state index contributed by atoms with van der Waals surface area (Å²) >= 11 is 1.01. The number of aromatic nitrogens is 3. The molecule has 0 fully saturated rings. The number of nitrogens with zero attached hydrogens (tertiary/aromatic N) is 3. The van der Waals surface area contributed by atoms with Crippen molar-refractivity contribution >= 4 is 27.4 Å². The first kappa shape index (κ1) is 26.7. The van der Waals surface area contributed by atoms with Crippen molar-refractivity contribution in [2.45, 2.75) is 50.5 Å². The average Bonchev–Trinajstić information content (AvgIpc) is 3.33. The summed E-state index contributed by atoms with van der Waals surface area (Å²) in [7, 11) is -4.35. The number of hydrogen-bond donors (Lipinski definition) is 2. The van der Waals surface area contributed by atoms with Gasteiger partial charge in [0, 0.05) is 35.6 Å². The Morgan fingerprint density at radius 2 is 1.97 bits per heavy atom. The van der Waals surface area contributed by atoms with Crippen molar-refractivity contribution in [1.82, 2.24) is 24.6 Å². The number of halogens is 3. The molecule has 8 nitrogen and oxygen atoms in total. The highest BCUT2D eigenvalue weighted by Gasteiger charge is 2.29. The maximum absolute atomic E-state index is 13.0. The van der Waals surface area contributed by atoms with Gasteiger partial charge in [-0.25, -0.2) is 22.9 Å². The molecule has 0 radical (unpaired) electrons. The molecule has 0 bridgehead atoms. The minimum absolute atomic E-state index is 0.121. The number of thiophene rings is 1. The molecule has 3 heterocycles. The predicted octanol–water partition coefficient (Wildman–Crippen LogP) is 4.50. The molecule has 0 aliphatic heterocycles. The molecule has 0 aromatic carbocycles. The number of nitrogens with one attached hydrogen (secondary N) is 2. The highest BCUT2D eigenvalue weighted by molar-refractivity contribution is 7.92. The summed E-state index contributed by atoms with van der Waals surface area (Å²) in [5.74, 6) is 1.10. The first-order valence-electron chi connectivity index (χ1n) is 10.8. The molecule has 13 heteroatoms. The van der Waals surface area contributed by atoms with Gasteiger partial charge in [-0.15, -0.1) is 11.3 Å². The predicted molar refractivity (Wildman–Crippen MR) is 127 cm³/mol. The number of rotatable bonds is 9. The number of sulfonamides is 1. The Balaban J connectivity index is 1.84. The van der Waals surface area contributed by atoms with Gasteiger partial charge in [-0.05, 0) is 37.0 Å². The fourth-order valence-electron chi connectivity index (χ4n) is 3.27. The van der Waals surface area contributed by atoms with Gasteiger partial charge in [-0.1, -0.05) is 19.9 Å². The van der Waals surface area contributed by atoms with Crippen LogP contribution >= 0.6 is 11.3 Å². The first-order chi connectivity index (χ1) is 16.3. The maximum atomic E-state index is 13.0. The summed E-state index contributed by atoms with van der Waals surface area (Å²) in [6.45, 7) is 5.68. The maximum Gasteiger partial charge on any atom is 0.390 e. The summed E-state index contributed by atoms with van der Waals surface area (Å²) < 4.78 is 66.5. The van der Waals surface area contributed by atoms with E-state index in [9.17, 15) is 26.4 Å². The summed E-state index contributed by atoms with van der Waals surface area (Å²) in [6, 6.07) is 4.03. The number of urea groups is 1. The minimum Gasteiger partial charge on any atom is -0.337 e. The van der Waals surface area contributed by atoms with Gasteiger partial charge in [0.15, 0.2) is 0 Å². The van der Waals surface area contributed by atoms with Gasteiger partial charge >= 0.3 is 12.2 Å². The van der Waals surface area contributed by atoms with Crippen molar-refractivity contribution in [3.63, 3.8) is 0 Å². The first-order valence-corrected chi connectivity index (χ1v) is 13.1. The lowest BCUT2D eigenvalue weighted by atomic mass is 10.1. The second-order valence-electron chi connectivity index (χ2n) is 8.39. The highest BCUT2D eigenvalue weighted by Crippen LogP contribution is 2.35. The Labute approximate surface area is 205 Å². The average molecular weight is 530 g/mol. The van der Waals surface area contributed by atoms with Crippen LogP contribution < -0.4 is 10.0 Å². The smallest absolute Gasteiger partial charge is 0.337 e. The molecule has 0 aliphatic rings. The summed E-state index contributed by atoms with van der Waals surface area (Å²) in [4.78, 5) is 21.4. The van der Waals surface area contributed by atoms with Gasteiger partial charge in [-0.3, -0.25) is 4.98 Å². The van der Waals surface area contributed by atoms with Crippen molar-refractivity contribution in [3.05, 3.63) is 53.1 Å². The molecule has 0 saturated carbocycles. The van der Waals surface area contributed by atoms with Crippen molar-refractivity contribution in [2.24, 2.45) is 5.92 Å². The molecular weight excluding hydrogens is 503 g/mol. The zero-order valence-corrected chi connectivity index (χ0v) is 21.0. The molecule has 2 amide bonds. The number of hydrogen-bond acceptors (Lipinski definition) is 6. The SMILES string of the molecule is Cc1nccn1Cc1ccc(-c2cc(CC(C)C)sc2S(=O)(=O)NC(=O)NCCC(F)(F)F)nc1. The van der Waals surface area contributed by atoms with E-state index in [0.717, 1.165) is 27.6 Å². The van der Waals surface area contributed by atoms with Crippen LogP contribution in [0.5, 0.6) is 0 Å². The van der Waals surface area contributed by atoms with Gasteiger partial charge < -0.3 is 9.88 Å². The van der Waals surface area contributed by atoms with E-state index in [1.54, 1.807) is 24.5 Å². The third kappa shape index (κ3) is 7.52. The van der Waals surface area contributed by atoms with Crippen LogP contribution in [0.3, 0.4) is 0 Å². The van der Waals surface area contributed by atoms with Crippen LogP contribution in [0.25, 0.3) is 11.3 Å². The lowest BCUT2D eigenvalue weighted by Crippen LogP contribution is -2.40. The second-order valence-corrected chi connectivity index (χ2v) is 11.4. The summed E-state index contributed by atoms with van der Waals surface area (Å²) in [5.41, 5.74) is 1.62. The van der Waals surface area contributed by atoms with Crippen LogP contribution in [-0.2, 0) is 23.0 Å². The molecule has 3 aromatic heterocycles. The fourth-order valence-corrected chi connectivity index (χ4v) is 6.12. The van der Waals surface area contributed by atoms with Crippen LogP contribution in [0.1, 0.15) is 36.5 Å². The quantitative estimate of drug-likeness (QED) is 0.425. The molecule has 0 saturated heterocycles. The van der Waals surface area contributed by atoms with Crippen LogP contribution in [0.2, 0.25) is 0 Å². The van der Waals surface area contributed by atoms with Crippen molar-refractivity contribution in [3.8, 4) is 11.3 Å². The molecule has 3 rings (SSSR count). The number of carbonyl (C=O) groups excluding carboxylic acids is 1. The normalized spacial score (nSPS) is 12.2. The van der Waals surface area contributed by atoms with E-state index in [1.807, 2.05) is 47.6 Å². The Bertz CT molecular complexity index is 1270. The van der Waals surface area contributed by atoms with Crippen molar-refractivity contribution in [2.75, 3.05) is 6.54 Å². The Morgan fingerprint density at radius 3 is 2.54 bits per heavy atom. The Morgan fingerprint density at radius 1 is 1.23 bits per heavy atom. The van der Waals surface area contributed by atoms with Crippen molar-refractivity contribution < 1.29 is 26.4 Å². The fraction of sp³-hybridized carbons (Fsp3) is 0.409. The lowest BCUT2D eigenvalue weighted by Gasteiger charge is -2.10. The number of alkyl halides is 3. The van der Waals surface area contributed by atoms with Crippen LogP contribution in [0.15, 0.2) is 41.0 Å². The summed E-state index contributed by atoms with van der Waals surface area (Å²) in [5, 5.41) is 1.93. The number of pyridine rings is 1. The minimum atomic E-state index is -4.47. The van der Waals surface area contributed by atoms with E-state index < -0.39 is 35.2 Å². The van der Waals surface area contributed by atoms with Gasteiger partial charge in [0.2, 0.25) is 0 Å². The molecule has 2 N–H and O–H groups in total. The molecule has 3 aromatic rings. The van der Waals surface area contributed by atoms with E-state index >= 15 is 0 Å². The largest absolute Gasteiger partial charge is 0.390 e. The summed E-state index contributed by atoms with van der Waals surface area (Å²) in [6.07, 6.45) is 0.0646.